The summed E-state index contributed by atoms with van der Waals surface area (Å²) in [5.74, 6) is 0.260. The van der Waals surface area contributed by atoms with Gasteiger partial charge in [-0.2, -0.15) is 0 Å². The van der Waals surface area contributed by atoms with Crippen LogP contribution in [0.4, 0.5) is 11.5 Å². The van der Waals surface area contributed by atoms with Crippen molar-refractivity contribution in [3.8, 4) is 0 Å². The molecule has 6 nitrogen and oxygen atoms in total. The second kappa shape index (κ2) is 4.17. The molecule has 0 bridgehead atoms. The summed E-state index contributed by atoms with van der Waals surface area (Å²) in [6.45, 7) is 0.493. The van der Waals surface area contributed by atoms with Gasteiger partial charge < -0.3 is 0 Å². The van der Waals surface area contributed by atoms with Crippen molar-refractivity contribution < 1.29 is 9.72 Å². The number of halogens is 1. The van der Waals surface area contributed by atoms with E-state index in [0.29, 0.717) is 18.8 Å². The third-order valence-corrected chi connectivity index (χ3v) is 2.91. The van der Waals surface area contributed by atoms with Gasteiger partial charge in [0.15, 0.2) is 0 Å². The second-order valence-corrected chi connectivity index (χ2v) is 4.73. The van der Waals surface area contributed by atoms with Crippen molar-refractivity contribution in [2.45, 2.75) is 11.2 Å². The van der Waals surface area contributed by atoms with Crippen molar-refractivity contribution in [3.05, 3.63) is 28.4 Å². The summed E-state index contributed by atoms with van der Waals surface area (Å²) in [7, 11) is 0. The highest BCUT2D eigenvalue weighted by Gasteiger charge is 2.30. The first kappa shape index (κ1) is 11.0. The Morgan fingerprint density at radius 2 is 2.38 bits per heavy atom. The van der Waals surface area contributed by atoms with Gasteiger partial charge in [0, 0.05) is 30.1 Å². The first-order valence-electron chi connectivity index (χ1n) is 4.63. The van der Waals surface area contributed by atoms with Crippen molar-refractivity contribution in [2.24, 2.45) is 0 Å². The van der Waals surface area contributed by atoms with Gasteiger partial charge in [-0.25, -0.2) is 4.98 Å². The largest absolute Gasteiger partial charge is 0.295 e. The van der Waals surface area contributed by atoms with E-state index in [1.165, 1.54) is 23.2 Å². The van der Waals surface area contributed by atoms with Crippen LogP contribution in [0.2, 0.25) is 0 Å². The molecule has 1 atom stereocenters. The maximum absolute atomic E-state index is 11.6. The van der Waals surface area contributed by atoms with E-state index >= 15 is 0 Å². The fourth-order valence-corrected chi connectivity index (χ4v) is 2.12. The Hall–Kier alpha value is -1.50. The number of carbonyl (C=O) groups excluding carboxylic acids is 1. The average molecular weight is 286 g/mol. The average Bonchev–Trinajstić information content (AvgIpc) is 2.58. The van der Waals surface area contributed by atoms with Crippen molar-refractivity contribution >= 4 is 33.3 Å². The smallest absolute Gasteiger partial charge is 0.274 e. The van der Waals surface area contributed by atoms with Crippen molar-refractivity contribution in [3.63, 3.8) is 0 Å². The minimum atomic E-state index is -0.503. The molecule has 16 heavy (non-hydrogen) atoms. The number of rotatable bonds is 2. The van der Waals surface area contributed by atoms with Crippen LogP contribution < -0.4 is 4.90 Å². The van der Waals surface area contributed by atoms with E-state index in [1.54, 1.807) is 0 Å². The predicted molar refractivity (Wildman–Crippen MR) is 60.6 cm³/mol. The number of nitro groups is 1. The van der Waals surface area contributed by atoms with Crippen LogP contribution >= 0.6 is 15.9 Å². The van der Waals surface area contributed by atoms with Gasteiger partial charge in [0.25, 0.3) is 5.69 Å². The lowest BCUT2D eigenvalue weighted by atomic mass is 10.4. The first-order valence-corrected chi connectivity index (χ1v) is 5.54. The topological polar surface area (TPSA) is 76.3 Å². The monoisotopic (exact) mass is 285 g/mol. The van der Waals surface area contributed by atoms with E-state index in [1.807, 2.05) is 0 Å². The molecule has 1 aliphatic rings. The third kappa shape index (κ3) is 2.04. The molecule has 1 fully saturated rings. The van der Waals surface area contributed by atoms with Gasteiger partial charge in [0.05, 0.1) is 11.0 Å². The number of aromatic nitrogens is 1. The SMILES string of the molecule is O=C1CC(Br)CN1c1cc([N+](=O)[O-])ccn1. The maximum atomic E-state index is 11.6. The van der Waals surface area contributed by atoms with Crippen LogP contribution in [0.5, 0.6) is 0 Å². The van der Waals surface area contributed by atoms with Crippen LogP contribution in [-0.4, -0.2) is 27.2 Å². The van der Waals surface area contributed by atoms with Crippen LogP contribution in [0.1, 0.15) is 6.42 Å². The summed E-state index contributed by atoms with van der Waals surface area (Å²) in [6, 6.07) is 2.61. The Morgan fingerprint density at radius 1 is 1.62 bits per heavy atom. The molecule has 2 rings (SSSR count). The van der Waals surface area contributed by atoms with E-state index in [-0.39, 0.29) is 16.4 Å². The molecule has 1 amide bonds. The number of hydrogen-bond donors (Lipinski definition) is 0. The molecular weight excluding hydrogens is 278 g/mol. The fourth-order valence-electron chi connectivity index (χ4n) is 1.55. The molecule has 0 aromatic carbocycles. The van der Waals surface area contributed by atoms with Gasteiger partial charge in [0.1, 0.15) is 5.82 Å². The summed E-state index contributed by atoms with van der Waals surface area (Å²) in [5, 5.41) is 10.6. The molecule has 2 heterocycles. The number of hydrogen-bond acceptors (Lipinski definition) is 4. The third-order valence-electron chi connectivity index (χ3n) is 2.29. The van der Waals surface area contributed by atoms with E-state index in [0.717, 1.165) is 0 Å². The highest BCUT2D eigenvalue weighted by Crippen LogP contribution is 2.25. The molecule has 0 radical (unpaired) electrons. The molecule has 0 aliphatic carbocycles. The van der Waals surface area contributed by atoms with Crippen LogP contribution in [0, 0.1) is 10.1 Å². The minimum Gasteiger partial charge on any atom is -0.295 e. The van der Waals surface area contributed by atoms with Gasteiger partial charge in [-0.15, -0.1) is 0 Å². The number of anilines is 1. The lowest BCUT2D eigenvalue weighted by Crippen LogP contribution is -2.25. The first-order chi connectivity index (χ1) is 7.58. The molecule has 1 aliphatic heterocycles. The molecule has 1 unspecified atom stereocenters. The van der Waals surface area contributed by atoms with E-state index in [4.69, 9.17) is 0 Å². The van der Waals surface area contributed by atoms with Gasteiger partial charge in [-0.05, 0) is 0 Å². The Morgan fingerprint density at radius 3 is 2.94 bits per heavy atom. The van der Waals surface area contributed by atoms with Crippen LogP contribution in [-0.2, 0) is 4.79 Å². The molecule has 0 spiro atoms. The Bertz CT molecular complexity index is 451. The molecule has 1 aromatic rings. The predicted octanol–water partition coefficient (Wildman–Crippen LogP) is 1.49. The van der Waals surface area contributed by atoms with Crippen LogP contribution in [0.3, 0.4) is 0 Å². The summed E-state index contributed by atoms with van der Waals surface area (Å²) in [5.41, 5.74) is -0.0594. The second-order valence-electron chi connectivity index (χ2n) is 3.44. The minimum absolute atomic E-state index is 0.0594. The molecule has 1 aromatic heterocycles. The Balaban J connectivity index is 2.30. The fraction of sp³-hybridized carbons (Fsp3) is 0.333. The van der Waals surface area contributed by atoms with Gasteiger partial charge in [-0.1, -0.05) is 15.9 Å². The zero-order valence-electron chi connectivity index (χ0n) is 8.17. The van der Waals surface area contributed by atoms with Crippen LogP contribution in [0.25, 0.3) is 0 Å². The lowest BCUT2D eigenvalue weighted by molar-refractivity contribution is -0.384. The van der Waals surface area contributed by atoms with Crippen molar-refractivity contribution in [1.29, 1.82) is 0 Å². The number of carbonyl (C=O) groups is 1. The zero-order valence-corrected chi connectivity index (χ0v) is 9.75. The van der Waals surface area contributed by atoms with Gasteiger partial charge >= 0.3 is 0 Å². The number of pyridine rings is 1. The number of nitrogens with zero attached hydrogens (tertiary/aromatic N) is 3. The number of amides is 1. The summed E-state index contributed by atoms with van der Waals surface area (Å²) < 4.78 is 0. The van der Waals surface area contributed by atoms with Gasteiger partial charge in [0.2, 0.25) is 5.91 Å². The molecular formula is C9H8BrN3O3. The summed E-state index contributed by atoms with van der Waals surface area (Å²) >= 11 is 3.34. The van der Waals surface area contributed by atoms with Crippen molar-refractivity contribution in [1.82, 2.24) is 4.98 Å². The van der Waals surface area contributed by atoms with E-state index in [2.05, 4.69) is 20.9 Å². The van der Waals surface area contributed by atoms with Gasteiger partial charge in [-0.3, -0.25) is 19.8 Å². The molecule has 0 saturated carbocycles. The highest BCUT2D eigenvalue weighted by atomic mass is 79.9. The van der Waals surface area contributed by atoms with Crippen molar-refractivity contribution in [2.75, 3.05) is 11.4 Å². The summed E-state index contributed by atoms with van der Waals surface area (Å²) in [6.07, 6.45) is 1.73. The molecule has 0 N–H and O–H groups in total. The van der Waals surface area contributed by atoms with E-state index < -0.39 is 4.92 Å². The quantitative estimate of drug-likeness (QED) is 0.469. The molecule has 84 valence electrons. The Kier molecular flexibility index (Phi) is 2.86. The lowest BCUT2D eigenvalue weighted by Gasteiger charge is -2.13. The standard InChI is InChI=1S/C9H8BrN3O3/c10-6-3-9(14)12(5-6)8-4-7(13(15)16)1-2-11-8/h1-2,4,6H,3,5H2. The van der Waals surface area contributed by atoms with Crippen LogP contribution in [0.15, 0.2) is 18.3 Å². The Labute approximate surface area is 99.5 Å². The molecule has 7 heteroatoms. The summed E-state index contributed by atoms with van der Waals surface area (Å²) in [4.78, 5) is 27.1. The maximum Gasteiger partial charge on any atom is 0.274 e. The number of alkyl halides is 1. The zero-order chi connectivity index (χ0) is 11.7. The van der Waals surface area contributed by atoms with E-state index in [9.17, 15) is 14.9 Å². The highest BCUT2D eigenvalue weighted by molar-refractivity contribution is 9.09. The normalized spacial score (nSPS) is 20.2. The molecule has 1 saturated heterocycles.